The Kier molecular flexibility index (Phi) is 2.70. The lowest BCUT2D eigenvalue weighted by Crippen LogP contribution is -1.96. The van der Waals surface area contributed by atoms with Gasteiger partial charge < -0.3 is 4.74 Å². The van der Waals surface area contributed by atoms with Crippen LogP contribution in [0.5, 0.6) is 0 Å². The predicted octanol–water partition coefficient (Wildman–Crippen LogP) is 1.33. The average Bonchev–Trinajstić information content (AvgIpc) is 2.82. The van der Waals surface area contributed by atoms with Crippen LogP contribution in [0.4, 0.5) is 0 Å². The van der Waals surface area contributed by atoms with E-state index in [1.165, 1.54) is 0 Å². The molecule has 90 valence electrons. The zero-order valence-corrected chi connectivity index (χ0v) is 9.82. The molecule has 0 aliphatic heterocycles. The normalized spacial score (nSPS) is 10.9. The van der Waals surface area contributed by atoms with Crippen LogP contribution in [0, 0.1) is 0 Å². The van der Waals surface area contributed by atoms with Crippen LogP contribution < -0.4 is 0 Å². The third-order valence-electron chi connectivity index (χ3n) is 2.52. The molecule has 0 saturated heterocycles. The first-order chi connectivity index (χ1) is 8.88. The molecule has 0 spiro atoms. The number of aromatic nitrogens is 5. The van der Waals surface area contributed by atoms with E-state index in [1.807, 2.05) is 18.2 Å². The van der Waals surface area contributed by atoms with Crippen LogP contribution in [0.25, 0.3) is 17.0 Å². The van der Waals surface area contributed by atoms with Crippen LogP contribution in [-0.4, -0.2) is 31.7 Å². The first-order valence-electron chi connectivity index (χ1n) is 5.48. The Bertz CT molecular complexity index is 665. The van der Waals surface area contributed by atoms with E-state index < -0.39 is 0 Å². The Labute approximate surface area is 103 Å². The maximum atomic E-state index is 5.02. The van der Waals surface area contributed by atoms with Gasteiger partial charge >= 0.3 is 0 Å². The highest BCUT2D eigenvalue weighted by molar-refractivity contribution is 5.59. The summed E-state index contributed by atoms with van der Waals surface area (Å²) in [5.74, 6) is 1.17. The highest BCUT2D eigenvalue weighted by Gasteiger charge is 2.09. The molecule has 0 bridgehead atoms. The second-order valence-electron chi connectivity index (χ2n) is 3.74. The van der Waals surface area contributed by atoms with Gasteiger partial charge in [-0.1, -0.05) is 0 Å². The van der Waals surface area contributed by atoms with Crippen LogP contribution >= 0.6 is 0 Å². The van der Waals surface area contributed by atoms with Gasteiger partial charge in [-0.05, 0) is 18.2 Å². The van der Waals surface area contributed by atoms with Gasteiger partial charge in [-0.15, -0.1) is 5.10 Å². The van der Waals surface area contributed by atoms with Gasteiger partial charge in [0.25, 0.3) is 5.78 Å². The summed E-state index contributed by atoms with van der Waals surface area (Å²) in [6.45, 7) is 0.371. The topological polar surface area (TPSA) is 65.2 Å². The molecule has 0 atom stereocenters. The summed E-state index contributed by atoms with van der Waals surface area (Å²) in [6.07, 6.45) is 5.23. The number of hydrogen-bond acceptors (Lipinski definition) is 5. The third-order valence-corrected chi connectivity index (χ3v) is 2.52. The standard InChI is InChI=1S/C12H11N5O/c1-18-8-11-15-12-14-6-4-10(17(12)16-11)9-3-2-5-13-7-9/h2-7H,8H2,1H3. The Hall–Kier alpha value is -2.34. The number of rotatable bonds is 3. The Morgan fingerprint density at radius 1 is 1.28 bits per heavy atom. The fraction of sp³-hybridized carbons (Fsp3) is 0.167. The number of fused-ring (bicyclic) bond motifs is 1. The molecule has 0 fully saturated rings. The lowest BCUT2D eigenvalue weighted by Gasteiger charge is -2.01. The summed E-state index contributed by atoms with van der Waals surface area (Å²) < 4.78 is 6.72. The van der Waals surface area contributed by atoms with Crippen molar-refractivity contribution in [2.24, 2.45) is 0 Å². The molecule has 0 aliphatic rings. The number of pyridine rings is 1. The van der Waals surface area contributed by atoms with Gasteiger partial charge in [0.1, 0.15) is 6.61 Å². The summed E-state index contributed by atoms with van der Waals surface area (Å²) in [4.78, 5) is 12.6. The summed E-state index contributed by atoms with van der Waals surface area (Å²) in [5.41, 5.74) is 1.88. The Morgan fingerprint density at radius 2 is 2.22 bits per heavy atom. The monoisotopic (exact) mass is 241 g/mol. The molecule has 3 rings (SSSR count). The largest absolute Gasteiger partial charge is 0.377 e. The summed E-state index contributed by atoms with van der Waals surface area (Å²) in [6, 6.07) is 5.74. The lowest BCUT2D eigenvalue weighted by molar-refractivity contribution is 0.178. The SMILES string of the molecule is COCc1nc2nccc(-c3cccnc3)n2n1. The van der Waals surface area contributed by atoms with Gasteiger partial charge in [-0.3, -0.25) is 4.98 Å². The van der Waals surface area contributed by atoms with Gasteiger partial charge in [0.15, 0.2) is 5.82 Å². The van der Waals surface area contributed by atoms with Crippen molar-refractivity contribution in [3.05, 3.63) is 42.6 Å². The second-order valence-corrected chi connectivity index (χ2v) is 3.74. The molecule has 0 aromatic carbocycles. The molecule has 6 heteroatoms. The molecule has 0 N–H and O–H groups in total. The summed E-state index contributed by atoms with van der Waals surface area (Å²) in [7, 11) is 1.61. The third kappa shape index (κ3) is 1.82. The molecule has 0 unspecified atom stereocenters. The molecule has 3 aromatic rings. The second kappa shape index (κ2) is 4.50. The highest BCUT2D eigenvalue weighted by Crippen LogP contribution is 2.17. The fourth-order valence-corrected chi connectivity index (χ4v) is 1.76. The van der Waals surface area contributed by atoms with Gasteiger partial charge in [0.05, 0.1) is 5.69 Å². The molecule has 0 radical (unpaired) electrons. The van der Waals surface area contributed by atoms with E-state index in [1.54, 1.807) is 30.2 Å². The van der Waals surface area contributed by atoms with Crippen molar-refractivity contribution in [1.82, 2.24) is 24.6 Å². The minimum absolute atomic E-state index is 0.371. The number of nitrogens with zero attached hydrogens (tertiary/aromatic N) is 5. The zero-order valence-electron chi connectivity index (χ0n) is 9.82. The minimum Gasteiger partial charge on any atom is -0.377 e. The quantitative estimate of drug-likeness (QED) is 0.692. The van der Waals surface area contributed by atoms with E-state index in [9.17, 15) is 0 Å². The lowest BCUT2D eigenvalue weighted by atomic mass is 10.2. The molecule has 0 saturated carbocycles. The predicted molar refractivity (Wildman–Crippen MR) is 64.7 cm³/mol. The summed E-state index contributed by atoms with van der Waals surface area (Å²) >= 11 is 0. The van der Waals surface area contributed by atoms with Crippen molar-refractivity contribution in [3.63, 3.8) is 0 Å². The van der Waals surface area contributed by atoms with E-state index in [2.05, 4.69) is 20.1 Å². The summed E-state index contributed by atoms with van der Waals surface area (Å²) in [5, 5.41) is 4.37. The van der Waals surface area contributed by atoms with Crippen molar-refractivity contribution >= 4 is 5.78 Å². The van der Waals surface area contributed by atoms with Crippen LogP contribution in [0.1, 0.15) is 5.82 Å². The highest BCUT2D eigenvalue weighted by atomic mass is 16.5. The van der Waals surface area contributed by atoms with Gasteiger partial charge in [0.2, 0.25) is 0 Å². The van der Waals surface area contributed by atoms with Crippen molar-refractivity contribution in [2.45, 2.75) is 6.61 Å². The Morgan fingerprint density at radius 3 is 3.00 bits per heavy atom. The van der Waals surface area contributed by atoms with Crippen molar-refractivity contribution in [1.29, 1.82) is 0 Å². The van der Waals surface area contributed by atoms with E-state index >= 15 is 0 Å². The molecule has 6 nitrogen and oxygen atoms in total. The molecular formula is C12H11N5O. The van der Waals surface area contributed by atoms with E-state index in [0.29, 0.717) is 18.2 Å². The minimum atomic E-state index is 0.371. The van der Waals surface area contributed by atoms with E-state index in [4.69, 9.17) is 4.74 Å². The average molecular weight is 241 g/mol. The molecule has 0 amide bonds. The smallest absolute Gasteiger partial charge is 0.253 e. The zero-order chi connectivity index (χ0) is 12.4. The first kappa shape index (κ1) is 10.8. The van der Waals surface area contributed by atoms with E-state index in [-0.39, 0.29) is 0 Å². The van der Waals surface area contributed by atoms with Gasteiger partial charge in [0, 0.05) is 31.3 Å². The first-order valence-corrected chi connectivity index (χ1v) is 5.48. The number of methoxy groups -OCH3 is 1. The maximum Gasteiger partial charge on any atom is 0.253 e. The van der Waals surface area contributed by atoms with Crippen LogP contribution in [0.2, 0.25) is 0 Å². The van der Waals surface area contributed by atoms with Crippen molar-refractivity contribution in [3.8, 4) is 11.3 Å². The molecule has 18 heavy (non-hydrogen) atoms. The number of hydrogen-bond donors (Lipinski definition) is 0. The van der Waals surface area contributed by atoms with Crippen molar-refractivity contribution in [2.75, 3.05) is 7.11 Å². The van der Waals surface area contributed by atoms with Crippen LogP contribution in [-0.2, 0) is 11.3 Å². The molecule has 3 aromatic heterocycles. The Balaban J connectivity index is 2.17. The maximum absolute atomic E-state index is 5.02. The van der Waals surface area contributed by atoms with Crippen LogP contribution in [0.15, 0.2) is 36.8 Å². The van der Waals surface area contributed by atoms with Crippen LogP contribution in [0.3, 0.4) is 0 Å². The molecule has 3 heterocycles. The van der Waals surface area contributed by atoms with Gasteiger partial charge in [-0.2, -0.15) is 9.50 Å². The van der Waals surface area contributed by atoms with E-state index in [0.717, 1.165) is 11.3 Å². The molecular weight excluding hydrogens is 230 g/mol. The number of ether oxygens (including phenoxy) is 1. The van der Waals surface area contributed by atoms with Gasteiger partial charge in [-0.25, -0.2) is 4.98 Å². The fourth-order valence-electron chi connectivity index (χ4n) is 1.76. The van der Waals surface area contributed by atoms with Crippen molar-refractivity contribution < 1.29 is 4.74 Å². The molecule has 0 aliphatic carbocycles.